The predicted octanol–water partition coefficient (Wildman–Crippen LogP) is 2.12. The molecule has 2 aromatic rings. The van der Waals surface area contributed by atoms with E-state index in [2.05, 4.69) is 39.6 Å². The zero-order chi connectivity index (χ0) is 15.1. The van der Waals surface area contributed by atoms with Gasteiger partial charge in [0.25, 0.3) is 0 Å². The summed E-state index contributed by atoms with van der Waals surface area (Å²) in [5, 5.41) is 7.53. The third kappa shape index (κ3) is 2.42. The zero-order valence-corrected chi connectivity index (χ0v) is 13.3. The summed E-state index contributed by atoms with van der Waals surface area (Å²) in [5.74, 6) is 2.78. The number of nitrogens with one attached hydrogen (secondary N) is 1. The first kappa shape index (κ1) is 13.8. The van der Waals surface area contributed by atoms with E-state index >= 15 is 0 Å². The van der Waals surface area contributed by atoms with Crippen molar-refractivity contribution in [2.24, 2.45) is 7.05 Å². The van der Waals surface area contributed by atoms with Gasteiger partial charge in [-0.1, -0.05) is 24.3 Å². The molecule has 1 aromatic heterocycles. The molecule has 4 rings (SSSR count). The number of carbonyl (C=O) groups is 1. The fourth-order valence-electron chi connectivity index (χ4n) is 3.19. The average Bonchev–Trinajstić information content (AvgIpc) is 3.15. The van der Waals surface area contributed by atoms with Gasteiger partial charge < -0.3 is 5.32 Å². The molecule has 3 heterocycles. The van der Waals surface area contributed by atoms with E-state index in [1.165, 1.54) is 16.7 Å². The molecule has 0 radical (unpaired) electrons. The van der Waals surface area contributed by atoms with Gasteiger partial charge in [0, 0.05) is 37.2 Å². The molecule has 0 atom stereocenters. The molecule has 0 unspecified atom stereocenters. The third-order valence-electron chi connectivity index (χ3n) is 4.25. The van der Waals surface area contributed by atoms with Crippen molar-refractivity contribution in [3.63, 3.8) is 0 Å². The van der Waals surface area contributed by atoms with Crippen LogP contribution in [0.4, 0.5) is 5.82 Å². The number of carbonyl (C=O) groups excluding carboxylic acids is 1. The lowest BCUT2D eigenvalue weighted by Crippen LogP contribution is -2.30. The van der Waals surface area contributed by atoms with Crippen LogP contribution in [-0.4, -0.2) is 27.1 Å². The van der Waals surface area contributed by atoms with Crippen LogP contribution in [-0.2, 0) is 36.4 Å². The zero-order valence-electron chi connectivity index (χ0n) is 12.5. The van der Waals surface area contributed by atoms with E-state index in [9.17, 15) is 4.79 Å². The number of hydrogen-bond acceptors (Lipinski definition) is 4. The molecule has 1 amide bonds. The number of aromatic nitrogens is 2. The molecule has 0 saturated heterocycles. The number of rotatable bonds is 3. The van der Waals surface area contributed by atoms with Crippen LogP contribution in [0.15, 0.2) is 24.3 Å². The average molecular weight is 314 g/mol. The first-order valence-electron chi connectivity index (χ1n) is 7.42. The van der Waals surface area contributed by atoms with Crippen molar-refractivity contribution in [2.45, 2.75) is 24.6 Å². The second kappa shape index (κ2) is 5.44. The molecule has 5 nitrogen and oxygen atoms in total. The number of hydrogen-bond donors (Lipinski definition) is 1. The van der Waals surface area contributed by atoms with Crippen LogP contribution in [0.5, 0.6) is 0 Å². The Hall–Kier alpha value is -1.79. The number of aryl methyl sites for hydroxylation is 1. The highest BCUT2D eigenvalue weighted by Gasteiger charge is 2.24. The molecule has 114 valence electrons. The quantitative estimate of drug-likeness (QED) is 0.943. The topological polar surface area (TPSA) is 50.2 Å². The van der Waals surface area contributed by atoms with Gasteiger partial charge in [-0.25, -0.2) is 0 Å². The molecule has 2 aliphatic heterocycles. The Labute approximate surface area is 133 Å². The monoisotopic (exact) mass is 314 g/mol. The van der Waals surface area contributed by atoms with Crippen molar-refractivity contribution in [3.05, 3.63) is 46.6 Å². The molecular weight excluding hydrogens is 296 g/mol. The van der Waals surface area contributed by atoms with Gasteiger partial charge in [0.05, 0.1) is 12.2 Å². The fourth-order valence-corrected chi connectivity index (χ4v) is 4.22. The molecule has 0 aliphatic carbocycles. The van der Waals surface area contributed by atoms with Gasteiger partial charge in [-0.2, -0.15) is 16.9 Å². The summed E-state index contributed by atoms with van der Waals surface area (Å²) in [4.78, 5) is 14.5. The van der Waals surface area contributed by atoms with Crippen molar-refractivity contribution < 1.29 is 4.79 Å². The lowest BCUT2D eigenvalue weighted by Gasteiger charge is -2.15. The van der Waals surface area contributed by atoms with E-state index in [-0.39, 0.29) is 5.91 Å². The maximum Gasteiger partial charge on any atom is 0.239 e. The van der Waals surface area contributed by atoms with E-state index in [0.29, 0.717) is 6.54 Å². The van der Waals surface area contributed by atoms with Crippen molar-refractivity contribution in [1.82, 2.24) is 14.7 Å². The minimum absolute atomic E-state index is 0.0375. The molecule has 1 N–H and O–H groups in total. The van der Waals surface area contributed by atoms with Crippen molar-refractivity contribution in [3.8, 4) is 0 Å². The largest absolute Gasteiger partial charge is 0.310 e. The van der Waals surface area contributed by atoms with Gasteiger partial charge in [0.1, 0.15) is 5.82 Å². The van der Waals surface area contributed by atoms with Gasteiger partial charge in [0.2, 0.25) is 5.91 Å². The van der Waals surface area contributed by atoms with Gasteiger partial charge in [-0.3, -0.25) is 14.4 Å². The number of benzene rings is 1. The second-order valence-corrected chi connectivity index (χ2v) is 6.84. The van der Waals surface area contributed by atoms with Crippen LogP contribution in [0.1, 0.15) is 22.4 Å². The highest BCUT2D eigenvalue weighted by molar-refractivity contribution is 7.98. The van der Waals surface area contributed by atoms with Gasteiger partial charge in [-0.05, 0) is 11.1 Å². The lowest BCUT2D eigenvalue weighted by molar-refractivity contribution is -0.117. The van der Waals surface area contributed by atoms with Crippen LogP contribution in [0.25, 0.3) is 0 Å². The molecule has 0 spiro atoms. The predicted molar refractivity (Wildman–Crippen MR) is 87.4 cm³/mol. The van der Waals surface area contributed by atoms with E-state index in [0.717, 1.165) is 36.1 Å². The first-order valence-corrected chi connectivity index (χ1v) is 8.57. The lowest BCUT2D eigenvalue weighted by atomic mass is 10.1. The van der Waals surface area contributed by atoms with Crippen LogP contribution in [0.3, 0.4) is 0 Å². The summed E-state index contributed by atoms with van der Waals surface area (Å²) in [6.45, 7) is 2.12. The van der Waals surface area contributed by atoms with Crippen LogP contribution >= 0.6 is 11.8 Å². The Morgan fingerprint density at radius 2 is 2.00 bits per heavy atom. The first-order chi connectivity index (χ1) is 10.7. The van der Waals surface area contributed by atoms with Gasteiger partial charge in [-0.15, -0.1) is 0 Å². The molecule has 0 saturated carbocycles. The van der Waals surface area contributed by atoms with Gasteiger partial charge in [0.15, 0.2) is 0 Å². The summed E-state index contributed by atoms with van der Waals surface area (Å²) < 4.78 is 1.79. The SMILES string of the molecule is Cn1nc2c(c1NC(=O)CN1Cc3ccccc3C1)CSC2. The van der Waals surface area contributed by atoms with Crippen LogP contribution in [0, 0.1) is 0 Å². The number of amides is 1. The number of anilines is 1. The number of thioether (sulfide) groups is 1. The molecular formula is C16H18N4OS. The molecule has 1 aromatic carbocycles. The minimum atomic E-state index is 0.0375. The van der Waals surface area contributed by atoms with Crippen LogP contribution in [0.2, 0.25) is 0 Å². The van der Waals surface area contributed by atoms with Crippen LogP contribution < -0.4 is 5.32 Å². The van der Waals surface area contributed by atoms with E-state index in [1.54, 1.807) is 4.68 Å². The van der Waals surface area contributed by atoms with Crippen molar-refractivity contribution >= 4 is 23.5 Å². The summed E-state index contributed by atoms with van der Waals surface area (Å²) in [7, 11) is 1.89. The number of nitrogens with zero attached hydrogens (tertiary/aromatic N) is 3. The van der Waals surface area contributed by atoms with E-state index in [1.807, 2.05) is 18.8 Å². The van der Waals surface area contributed by atoms with E-state index in [4.69, 9.17) is 0 Å². The summed E-state index contributed by atoms with van der Waals surface area (Å²) in [6, 6.07) is 8.38. The highest BCUT2D eigenvalue weighted by atomic mass is 32.2. The third-order valence-corrected chi connectivity index (χ3v) is 5.22. The molecule has 0 bridgehead atoms. The summed E-state index contributed by atoms with van der Waals surface area (Å²) in [5.41, 5.74) is 4.95. The maximum absolute atomic E-state index is 12.4. The number of fused-ring (bicyclic) bond motifs is 2. The smallest absolute Gasteiger partial charge is 0.239 e. The summed E-state index contributed by atoms with van der Waals surface area (Å²) >= 11 is 1.85. The molecule has 0 fully saturated rings. The summed E-state index contributed by atoms with van der Waals surface area (Å²) in [6.07, 6.45) is 0. The standard InChI is InChI=1S/C16H18N4OS/c1-19-16(13-9-22-10-14(13)18-19)17-15(21)8-20-6-11-4-2-3-5-12(11)7-20/h2-5H,6-10H2,1H3,(H,17,21). The normalized spacial score (nSPS) is 16.6. The van der Waals surface area contributed by atoms with Crippen molar-refractivity contribution in [1.29, 1.82) is 0 Å². The Morgan fingerprint density at radius 3 is 2.73 bits per heavy atom. The second-order valence-electron chi connectivity index (χ2n) is 5.85. The Balaban J connectivity index is 1.42. The van der Waals surface area contributed by atoms with Gasteiger partial charge >= 0.3 is 0 Å². The Kier molecular flexibility index (Phi) is 3.43. The minimum Gasteiger partial charge on any atom is -0.310 e. The Morgan fingerprint density at radius 1 is 1.27 bits per heavy atom. The molecule has 2 aliphatic rings. The molecule has 22 heavy (non-hydrogen) atoms. The Bertz CT molecular complexity index is 715. The highest BCUT2D eigenvalue weighted by Crippen LogP contribution is 2.34. The van der Waals surface area contributed by atoms with E-state index < -0.39 is 0 Å². The molecule has 6 heteroatoms. The fraction of sp³-hybridized carbons (Fsp3) is 0.375. The maximum atomic E-state index is 12.4. The van der Waals surface area contributed by atoms with Crippen molar-refractivity contribution in [2.75, 3.05) is 11.9 Å².